The molecule has 2 heterocycles. The molecular formula is C16H14F3N3O5. The van der Waals surface area contributed by atoms with Crippen molar-refractivity contribution in [2.75, 3.05) is 13.2 Å². The van der Waals surface area contributed by atoms with E-state index < -0.39 is 29.5 Å². The molecular weight excluding hydrogens is 371 g/mol. The highest BCUT2D eigenvalue weighted by Crippen LogP contribution is 2.29. The quantitative estimate of drug-likeness (QED) is 0.828. The van der Waals surface area contributed by atoms with Crippen LogP contribution in [0.3, 0.4) is 0 Å². The standard InChI is InChI=1S/C16H14F3N3O5/c17-16(18,19)13-20-11(22-27-13)9-1-3-10(4-2-9)12(23)21-15(14(24)25)5-7-26-8-6-15/h1-4H,5-8H2,(H,21,23)(H,24,25). The minimum Gasteiger partial charge on any atom is -0.480 e. The molecule has 2 N–H and O–H groups in total. The van der Waals surface area contributed by atoms with Crippen LogP contribution >= 0.6 is 0 Å². The highest BCUT2D eigenvalue weighted by molar-refractivity contribution is 5.98. The third-order valence-corrected chi connectivity index (χ3v) is 4.18. The fourth-order valence-corrected chi connectivity index (χ4v) is 2.63. The molecule has 1 fully saturated rings. The summed E-state index contributed by atoms with van der Waals surface area (Å²) in [5.74, 6) is -3.51. The van der Waals surface area contributed by atoms with Gasteiger partial charge < -0.3 is 19.7 Å². The van der Waals surface area contributed by atoms with Gasteiger partial charge in [-0.25, -0.2) is 4.79 Å². The van der Waals surface area contributed by atoms with Crippen molar-refractivity contribution in [3.63, 3.8) is 0 Å². The third kappa shape index (κ3) is 3.92. The highest BCUT2D eigenvalue weighted by Gasteiger charge is 2.42. The van der Waals surface area contributed by atoms with Gasteiger partial charge >= 0.3 is 18.0 Å². The van der Waals surface area contributed by atoms with Crippen molar-refractivity contribution in [1.29, 1.82) is 0 Å². The van der Waals surface area contributed by atoms with E-state index in [0.29, 0.717) is 0 Å². The van der Waals surface area contributed by atoms with Gasteiger partial charge in [0.2, 0.25) is 5.82 Å². The average Bonchev–Trinajstić information content (AvgIpc) is 3.13. The lowest BCUT2D eigenvalue weighted by molar-refractivity contribution is -0.159. The van der Waals surface area contributed by atoms with Crippen molar-refractivity contribution in [2.45, 2.75) is 24.6 Å². The molecule has 0 aliphatic carbocycles. The number of hydrogen-bond donors (Lipinski definition) is 2. The summed E-state index contributed by atoms with van der Waals surface area (Å²) >= 11 is 0. The van der Waals surface area contributed by atoms with Crippen LogP contribution in [-0.2, 0) is 15.7 Å². The van der Waals surface area contributed by atoms with Gasteiger partial charge in [-0.1, -0.05) is 17.3 Å². The molecule has 1 aliphatic heterocycles. The topological polar surface area (TPSA) is 115 Å². The number of carbonyl (C=O) groups excluding carboxylic acids is 1. The van der Waals surface area contributed by atoms with Crippen LogP contribution in [0.25, 0.3) is 11.4 Å². The Bertz CT molecular complexity index is 842. The fourth-order valence-electron chi connectivity index (χ4n) is 2.63. The summed E-state index contributed by atoms with van der Waals surface area (Å²) in [4.78, 5) is 27.2. The summed E-state index contributed by atoms with van der Waals surface area (Å²) in [6, 6.07) is 5.36. The van der Waals surface area contributed by atoms with Crippen molar-refractivity contribution in [3.8, 4) is 11.4 Å². The monoisotopic (exact) mass is 385 g/mol. The number of carboxylic acids is 1. The van der Waals surface area contributed by atoms with Gasteiger partial charge in [0.15, 0.2) is 0 Å². The van der Waals surface area contributed by atoms with Crippen molar-refractivity contribution >= 4 is 11.9 Å². The van der Waals surface area contributed by atoms with E-state index in [0.717, 1.165) is 0 Å². The lowest BCUT2D eigenvalue weighted by atomic mass is 9.89. The van der Waals surface area contributed by atoms with E-state index in [9.17, 15) is 27.9 Å². The second kappa shape index (κ2) is 6.99. The number of amides is 1. The molecule has 1 amide bonds. The molecule has 0 bridgehead atoms. The van der Waals surface area contributed by atoms with Gasteiger partial charge in [-0.3, -0.25) is 4.79 Å². The number of halogens is 3. The molecule has 0 unspecified atom stereocenters. The van der Waals surface area contributed by atoms with Gasteiger partial charge in [-0.15, -0.1) is 0 Å². The summed E-state index contributed by atoms with van der Waals surface area (Å²) in [7, 11) is 0. The largest absolute Gasteiger partial charge is 0.480 e. The molecule has 1 aromatic heterocycles. The van der Waals surface area contributed by atoms with Crippen molar-refractivity contribution in [2.24, 2.45) is 0 Å². The Labute approximate surface area is 150 Å². The van der Waals surface area contributed by atoms with Crippen LogP contribution in [-0.4, -0.2) is 45.9 Å². The van der Waals surface area contributed by atoms with E-state index in [1.54, 1.807) is 0 Å². The second-order valence-corrected chi connectivity index (χ2v) is 5.95. The Morgan fingerprint density at radius 3 is 2.30 bits per heavy atom. The molecule has 0 spiro atoms. The number of carboxylic acid groups (broad SMARTS) is 1. The smallest absolute Gasteiger partial charge is 0.471 e. The van der Waals surface area contributed by atoms with E-state index in [2.05, 4.69) is 20.0 Å². The Kier molecular flexibility index (Phi) is 4.87. The predicted molar refractivity (Wildman–Crippen MR) is 82.6 cm³/mol. The lowest BCUT2D eigenvalue weighted by Gasteiger charge is -2.33. The van der Waals surface area contributed by atoms with Gasteiger partial charge in [0.05, 0.1) is 0 Å². The van der Waals surface area contributed by atoms with E-state index >= 15 is 0 Å². The van der Waals surface area contributed by atoms with E-state index in [1.807, 2.05) is 0 Å². The summed E-state index contributed by atoms with van der Waals surface area (Å²) in [6.45, 7) is 0.426. The molecule has 0 saturated carbocycles. The number of hydrogen-bond acceptors (Lipinski definition) is 6. The Balaban J connectivity index is 1.75. The molecule has 27 heavy (non-hydrogen) atoms. The van der Waals surface area contributed by atoms with Crippen LogP contribution in [0.4, 0.5) is 13.2 Å². The number of rotatable bonds is 4. The number of aliphatic carboxylic acids is 1. The molecule has 1 aromatic carbocycles. The molecule has 2 aromatic rings. The Morgan fingerprint density at radius 2 is 1.78 bits per heavy atom. The first-order valence-corrected chi connectivity index (χ1v) is 7.86. The van der Waals surface area contributed by atoms with Crippen LogP contribution in [0.15, 0.2) is 28.8 Å². The van der Waals surface area contributed by atoms with Crippen LogP contribution in [0.2, 0.25) is 0 Å². The van der Waals surface area contributed by atoms with Gasteiger partial charge in [-0.05, 0) is 12.1 Å². The second-order valence-electron chi connectivity index (χ2n) is 5.95. The van der Waals surface area contributed by atoms with Crippen LogP contribution in [0.1, 0.15) is 29.1 Å². The van der Waals surface area contributed by atoms with Crippen LogP contribution < -0.4 is 5.32 Å². The molecule has 8 nitrogen and oxygen atoms in total. The number of nitrogens with one attached hydrogen (secondary N) is 1. The minimum absolute atomic E-state index is 0.134. The van der Waals surface area contributed by atoms with Gasteiger partial charge in [0, 0.05) is 37.2 Å². The van der Waals surface area contributed by atoms with E-state index in [-0.39, 0.29) is 43.0 Å². The summed E-state index contributed by atoms with van der Waals surface area (Å²) in [5.41, 5.74) is -1.06. The SMILES string of the molecule is O=C(NC1(C(=O)O)CCOCC1)c1ccc(-c2noc(C(F)(F)F)n2)cc1. The van der Waals surface area contributed by atoms with Crippen LogP contribution in [0.5, 0.6) is 0 Å². The van der Waals surface area contributed by atoms with Crippen molar-refractivity contribution < 1.29 is 37.1 Å². The normalized spacial score (nSPS) is 16.7. The maximum Gasteiger partial charge on any atom is 0.471 e. The van der Waals surface area contributed by atoms with E-state index in [1.165, 1.54) is 24.3 Å². The molecule has 0 atom stereocenters. The fraction of sp³-hybridized carbons (Fsp3) is 0.375. The van der Waals surface area contributed by atoms with E-state index in [4.69, 9.17) is 4.74 Å². The first-order chi connectivity index (χ1) is 12.7. The molecule has 1 aliphatic rings. The zero-order chi connectivity index (χ0) is 19.7. The van der Waals surface area contributed by atoms with Gasteiger partial charge in [0.1, 0.15) is 5.54 Å². The average molecular weight is 385 g/mol. The molecule has 11 heteroatoms. The summed E-state index contributed by atoms with van der Waals surface area (Å²) < 4.78 is 46.8. The lowest BCUT2D eigenvalue weighted by Crippen LogP contribution is -2.57. The highest BCUT2D eigenvalue weighted by atomic mass is 19.4. The number of aromatic nitrogens is 2. The third-order valence-electron chi connectivity index (χ3n) is 4.18. The van der Waals surface area contributed by atoms with Crippen LogP contribution in [0, 0.1) is 0 Å². The van der Waals surface area contributed by atoms with Gasteiger partial charge in [0.25, 0.3) is 5.91 Å². The molecule has 3 rings (SSSR count). The predicted octanol–water partition coefficient (Wildman–Crippen LogP) is 2.12. The summed E-state index contributed by atoms with van der Waals surface area (Å²) in [6.07, 6.45) is -4.48. The number of nitrogens with zero attached hydrogens (tertiary/aromatic N) is 2. The number of ether oxygens (including phenoxy) is 1. The zero-order valence-electron chi connectivity index (χ0n) is 13.7. The first-order valence-electron chi connectivity index (χ1n) is 7.86. The number of carbonyl (C=O) groups is 2. The molecule has 1 saturated heterocycles. The van der Waals surface area contributed by atoms with Crippen molar-refractivity contribution in [3.05, 3.63) is 35.7 Å². The maximum absolute atomic E-state index is 12.5. The maximum atomic E-state index is 12.5. The van der Waals surface area contributed by atoms with Crippen molar-refractivity contribution in [1.82, 2.24) is 15.5 Å². The first kappa shape index (κ1) is 18.8. The Hall–Kier alpha value is -2.95. The minimum atomic E-state index is -4.75. The molecule has 0 radical (unpaired) electrons. The molecule has 144 valence electrons. The number of alkyl halides is 3. The van der Waals surface area contributed by atoms with Gasteiger partial charge in [-0.2, -0.15) is 18.2 Å². The Morgan fingerprint density at radius 1 is 1.15 bits per heavy atom. The zero-order valence-corrected chi connectivity index (χ0v) is 13.7. The summed E-state index contributed by atoms with van der Waals surface area (Å²) in [5, 5.41) is 15.2. The number of benzene rings is 1.